The van der Waals surface area contributed by atoms with Crippen LogP contribution in [0, 0.1) is 0 Å². The fraction of sp³-hybridized carbons (Fsp3) is 0. The number of ether oxygens (including phenoxy) is 1. The van der Waals surface area contributed by atoms with Gasteiger partial charge in [-0.25, -0.2) is 19.2 Å². The largest absolute Gasteiger partial charge is 0.478 e. The lowest BCUT2D eigenvalue weighted by Gasteiger charge is -2.06. The van der Waals surface area contributed by atoms with E-state index in [4.69, 9.17) is 10.2 Å². The van der Waals surface area contributed by atoms with Crippen molar-refractivity contribution in [3.63, 3.8) is 0 Å². The molecule has 0 fully saturated rings. The number of carboxylic acids is 2. The second-order valence-electron chi connectivity index (χ2n) is 4.13. The molecule has 2 N–H and O–H groups in total. The smallest absolute Gasteiger partial charge is 0.348 e. The monoisotopic (exact) mass is 316 g/mol. The van der Waals surface area contributed by atoms with Gasteiger partial charge in [-0.15, -0.1) is 0 Å². The first-order chi connectivity index (χ1) is 10.9. The molecule has 9 heteroatoms. The lowest BCUT2D eigenvalue weighted by Crippen LogP contribution is -2.18. The number of carbonyl (C=O) groups excluding carboxylic acids is 2. The molecule has 2 aromatic heterocycles. The summed E-state index contributed by atoms with van der Waals surface area (Å²) in [6.07, 6.45) is 4.18. The van der Waals surface area contributed by atoms with Crippen molar-refractivity contribution >= 4 is 23.9 Å². The van der Waals surface area contributed by atoms with E-state index in [-0.39, 0.29) is 0 Å². The lowest BCUT2D eigenvalue weighted by molar-refractivity contribution is 0.0386. The van der Waals surface area contributed by atoms with Gasteiger partial charge in [0.2, 0.25) is 0 Å². The minimum absolute atomic E-state index is 0.401. The summed E-state index contributed by atoms with van der Waals surface area (Å²) in [5, 5.41) is 17.9. The van der Waals surface area contributed by atoms with Crippen molar-refractivity contribution in [1.82, 2.24) is 9.97 Å². The molecular weight excluding hydrogens is 308 g/mol. The number of carbonyl (C=O) groups is 4. The van der Waals surface area contributed by atoms with Crippen molar-refractivity contribution in [2.45, 2.75) is 0 Å². The molecule has 0 saturated carbocycles. The van der Waals surface area contributed by atoms with Gasteiger partial charge in [0.05, 0.1) is 22.3 Å². The highest BCUT2D eigenvalue weighted by atomic mass is 16.6. The third kappa shape index (κ3) is 3.35. The Kier molecular flexibility index (Phi) is 4.41. The Morgan fingerprint density at radius 3 is 1.48 bits per heavy atom. The summed E-state index contributed by atoms with van der Waals surface area (Å²) in [5.74, 6) is -5.33. The highest BCUT2D eigenvalue weighted by Gasteiger charge is 2.24. The van der Waals surface area contributed by atoms with E-state index >= 15 is 0 Å². The zero-order chi connectivity index (χ0) is 17.0. The average Bonchev–Trinajstić information content (AvgIpc) is 2.54. The first-order valence-electron chi connectivity index (χ1n) is 6.03. The predicted molar refractivity (Wildman–Crippen MR) is 72.1 cm³/mol. The predicted octanol–water partition coefficient (Wildman–Crippen LogP) is 0.870. The maximum atomic E-state index is 11.9. The van der Waals surface area contributed by atoms with Crippen LogP contribution in [0.2, 0.25) is 0 Å². The van der Waals surface area contributed by atoms with E-state index < -0.39 is 46.1 Å². The quantitative estimate of drug-likeness (QED) is 0.620. The zero-order valence-electron chi connectivity index (χ0n) is 11.3. The molecule has 2 aromatic rings. The van der Waals surface area contributed by atoms with Crippen LogP contribution in [-0.4, -0.2) is 44.1 Å². The molecule has 0 spiro atoms. The number of pyridine rings is 2. The second-order valence-corrected chi connectivity index (χ2v) is 4.13. The highest BCUT2D eigenvalue weighted by Crippen LogP contribution is 2.13. The van der Waals surface area contributed by atoms with E-state index in [1.54, 1.807) is 0 Å². The van der Waals surface area contributed by atoms with Gasteiger partial charge in [0.15, 0.2) is 0 Å². The van der Waals surface area contributed by atoms with Crippen LogP contribution in [0.3, 0.4) is 0 Å². The van der Waals surface area contributed by atoms with Gasteiger partial charge in [-0.05, 0) is 12.1 Å². The van der Waals surface area contributed by atoms with Crippen LogP contribution >= 0.6 is 0 Å². The number of carboxylic acid groups (broad SMARTS) is 2. The van der Waals surface area contributed by atoms with Crippen molar-refractivity contribution in [3.8, 4) is 0 Å². The molecule has 0 aliphatic carbocycles. The van der Waals surface area contributed by atoms with Crippen molar-refractivity contribution in [1.29, 1.82) is 0 Å². The summed E-state index contributed by atoms with van der Waals surface area (Å²) < 4.78 is 4.52. The van der Waals surface area contributed by atoms with Crippen LogP contribution in [0.25, 0.3) is 0 Å². The molecule has 0 aromatic carbocycles. The molecule has 2 heterocycles. The van der Waals surface area contributed by atoms with Crippen LogP contribution in [0.5, 0.6) is 0 Å². The third-order valence-electron chi connectivity index (χ3n) is 2.73. The van der Waals surface area contributed by atoms with E-state index in [0.29, 0.717) is 0 Å². The van der Waals surface area contributed by atoms with Gasteiger partial charge < -0.3 is 14.9 Å². The zero-order valence-corrected chi connectivity index (χ0v) is 11.3. The Morgan fingerprint density at radius 2 is 1.13 bits per heavy atom. The Bertz CT molecular complexity index is 749. The minimum Gasteiger partial charge on any atom is -0.478 e. The van der Waals surface area contributed by atoms with E-state index in [9.17, 15) is 19.2 Å². The Balaban J connectivity index is 2.30. The standard InChI is InChI=1S/C14H8N2O7/c17-11(18)7-1-3-15-5-9(7)13(21)23-14(22)10-6-16-4-2-8(10)12(19)20/h1-6H,(H,17,18)(H,19,20). The number of rotatable bonds is 4. The third-order valence-corrected chi connectivity index (χ3v) is 2.73. The first kappa shape index (κ1) is 15.8. The van der Waals surface area contributed by atoms with Crippen molar-refractivity contribution in [2.75, 3.05) is 0 Å². The molecule has 116 valence electrons. The van der Waals surface area contributed by atoms with E-state index in [2.05, 4.69) is 14.7 Å². The van der Waals surface area contributed by atoms with Crippen LogP contribution < -0.4 is 0 Å². The number of esters is 2. The van der Waals surface area contributed by atoms with E-state index in [0.717, 1.165) is 36.9 Å². The first-order valence-corrected chi connectivity index (χ1v) is 6.03. The number of hydrogen-bond acceptors (Lipinski definition) is 7. The molecule has 0 saturated heterocycles. The van der Waals surface area contributed by atoms with Gasteiger partial charge in [-0.3, -0.25) is 9.97 Å². The molecule has 0 aliphatic rings. The van der Waals surface area contributed by atoms with Gasteiger partial charge in [-0.1, -0.05) is 0 Å². The van der Waals surface area contributed by atoms with Crippen LogP contribution in [0.1, 0.15) is 41.4 Å². The lowest BCUT2D eigenvalue weighted by atomic mass is 10.1. The molecule has 0 amide bonds. The molecule has 9 nitrogen and oxygen atoms in total. The van der Waals surface area contributed by atoms with Crippen LogP contribution in [-0.2, 0) is 4.74 Å². The number of aromatic nitrogens is 2. The average molecular weight is 316 g/mol. The number of hydrogen-bond donors (Lipinski definition) is 2. The van der Waals surface area contributed by atoms with Gasteiger partial charge in [0, 0.05) is 24.8 Å². The van der Waals surface area contributed by atoms with Gasteiger partial charge in [0.25, 0.3) is 0 Å². The molecular formula is C14H8N2O7. The summed E-state index contributed by atoms with van der Waals surface area (Å²) >= 11 is 0. The van der Waals surface area contributed by atoms with Gasteiger partial charge in [0.1, 0.15) is 0 Å². The number of nitrogens with zero attached hydrogens (tertiary/aromatic N) is 2. The Hall–Kier alpha value is -3.62. The number of aromatic carboxylic acids is 2. The summed E-state index contributed by atoms with van der Waals surface area (Å²) in [4.78, 5) is 53.1. The fourth-order valence-corrected chi connectivity index (χ4v) is 1.68. The van der Waals surface area contributed by atoms with Crippen molar-refractivity contribution in [2.24, 2.45) is 0 Å². The molecule has 0 bridgehead atoms. The fourth-order valence-electron chi connectivity index (χ4n) is 1.68. The molecule has 23 heavy (non-hydrogen) atoms. The summed E-state index contributed by atoms with van der Waals surface area (Å²) in [5.41, 5.74) is -1.67. The molecule has 0 atom stereocenters. The maximum absolute atomic E-state index is 11.9. The highest BCUT2D eigenvalue weighted by molar-refractivity contribution is 6.10. The SMILES string of the molecule is O=C(O)c1ccncc1C(=O)OC(=O)c1cnccc1C(=O)O. The second kappa shape index (κ2) is 6.43. The summed E-state index contributed by atoms with van der Waals surface area (Å²) in [7, 11) is 0. The van der Waals surface area contributed by atoms with Crippen LogP contribution in [0.4, 0.5) is 0 Å². The van der Waals surface area contributed by atoms with Gasteiger partial charge >= 0.3 is 23.9 Å². The van der Waals surface area contributed by atoms with Crippen LogP contribution in [0.15, 0.2) is 36.9 Å². The molecule has 0 unspecified atom stereocenters. The topological polar surface area (TPSA) is 144 Å². The Labute approximate surface area is 128 Å². The minimum atomic E-state index is -1.40. The molecule has 0 aliphatic heterocycles. The maximum Gasteiger partial charge on any atom is 0.348 e. The van der Waals surface area contributed by atoms with E-state index in [1.807, 2.05) is 0 Å². The van der Waals surface area contributed by atoms with E-state index in [1.165, 1.54) is 0 Å². The molecule has 2 rings (SSSR count). The van der Waals surface area contributed by atoms with Gasteiger partial charge in [-0.2, -0.15) is 0 Å². The van der Waals surface area contributed by atoms with Crippen molar-refractivity contribution < 1.29 is 34.1 Å². The summed E-state index contributed by atoms with van der Waals surface area (Å²) in [6, 6.07) is 2.13. The van der Waals surface area contributed by atoms with Crippen molar-refractivity contribution in [3.05, 3.63) is 59.2 Å². The molecule has 0 radical (unpaired) electrons. The Morgan fingerprint density at radius 1 is 0.739 bits per heavy atom. The normalized spacial score (nSPS) is 9.91. The summed E-state index contributed by atoms with van der Waals surface area (Å²) in [6.45, 7) is 0.